The molecule has 154 valence electrons. The molecule has 0 saturated carbocycles. The Morgan fingerprint density at radius 1 is 1.14 bits per heavy atom. The Kier molecular flexibility index (Phi) is 7.47. The Bertz CT molecular complexity index is 883. The number of esters is 1. The van der Waals surface area contributed by atoms with Gasteiger partial charge in [0, 0.05) is 11.0 Å². The Balaban J connectivity index is 1.78. The molecular weight excluding hydrogens is 386 g/mol. The third kappa shape index (κ3) is 5.48. The molecule has 1 aromatic heterocycles. The molecule has 1 amide bonds. The summed E-state index contributed by atoms with van der Waals surface area (Å²) in [6.45, 7) is 2.35. The zero-order valence-electron chi connectivity index (χ0n) is 17.0. The lowest BCUT2D eigenvalue weighted by Crippen LogP contribution is -2.13. The number of methoxy groups -OCH3 is 1. The van der Waals surface area contributed by atoms with Gasteiger partial charge in [0.1, 0.15) is 10.8 Å². The first-order chi connectivity index (χ1) is 14.1. The fraction of sp³-hybridized carbons (Fsp3) is 0.391. The molecule has 1 aliphatic rings. The van der Waals surface area contributed by atoms with Crippen LogP contribution in [-0.4, -0.2) is 25.6 Å². The highest BCUT2D eigenvalue weighted by Crippen LogP contribution is 2.38. The molecule has 1 N–H and O–H groups in total. The van der Waals surface area contributed by atoms with Crippen molar-refractivity contribution in [3.63, 3.8) is 0 Å². The number of ether oxygens (including phenoxy) is 2. The summed E-state index contributed by atoms with van der Waals surface area (Å²) in [7, 11) is 1.62. The molecule has 5 nitrogen and oxygen atoms in total. The normalized spacial score (nSPS) is 13.6. The van der Waals surface area contributed by atoms with Crippen LogP contribution in [0.15, 0.2) is 30.3 Å². The summed E-state index contributed by atoms with van der Waals surface area (Å²) in [5.74, 6) is 0.171. The minimum Gasteiger partial charge on any atom is -0.497 e. The third-order valence-corrected chi connectivity index (χ3v) is 6.05. The van der Waals surface area contributed by atoms with E-state index in [2.05, 4.69) is 5.32 Å². The number of anilines is 1. The van der Waals surface area contributed by atoms with Gasteiger partial charge in [-0.3, -0.25) is 4.79 Å². The maximum Gasteiger partial charge on any atom is 0.341 e. The molecule has 0 bridgehead atoms. The predicted molar refractivity (Wildman–Crippen MR) is 117 cm³/mol. The van der Waals surface area contributed by atoms with Crippen molar-refractivity contribution in [3.8, 4) is 5.75 Å². The summed E-state index contributed by atoms with van der Waals surface area (Å²) in [5, 5.41) is 3.50. The van der Waals surface area contributed by atoms with Gasteiger partial charge >= 0.3 is 5.97 Å². The first-order valence-electron chi connectivity index (χ1n) is 10.1. The first-order valence-corrected chi connectivity index (χ1v) is 10.9. The van der Waals surface area contributed by atoms with E-state index in [0.717, 1.165) is 55.4 Å². The molecule has 0 aliphatic heterocycles. The van der Waals surface area contributed by atoms with Crippen LogP contribution in [0.1, 0.15) is 59.0 Å². The second-order valence-electron chi connectivity index (χ2n) is 7.00. The maximum atomic E-state index is 12.7. The average molecular weight is 414 g/mol. The highest BCUT2D eigenvalue weighted by Gasteiger charge is 2.26. The van der Waals surface area contributed by atoms with Gasteiger partial charge in [0.2, 0.25) is 5.91 Å². The molecule has 29 heavy (non-hydrogen) atoms. The lowest BCUT2D eigenvalue weighted by atomic mass is 10.1. The number of thiophene rings is 1. The van der Waals surface area contributed by atoms with Crippen molar-refractivity contribution < 1.29 is 19.1 Å². The average Bonchev–Trinajstić information content (AvgIpc) is 2.91. The molecule has 0 spiro atoms. The quantitative estimate of drug-likeness (QED) is 0.383. The molecule has 0 atom stereocenters. The summed E-state index contributed by atoms with van der Waals surface area (Å²) < 4.78 is 10.5. The van der Waals surface area contributed by atoms with Gasteiger partial charge < -0.3 is 14.8 Å². The van der Waals surface area contributed by atoms with Crippen LogP contribution in [0.25, 0.3) is 6.08 Å². The van der Waals surface area contributed by atoms with Crippen molar-refractivity contribution in [2.75, 3.05) is 19.0 Å². The van der Waals surface area contributed by atoms with Crippen molar-refractivity contribution in [1.82, 2.24) is 0 Å². The molecule has 0 saturated heterocycles. The topological polar surface area (TPSA) is 64.6 Å². The van der Waals surface area contributed by atoms with E-state index in [1.807, 2.05) is 31.2 Å². The van der Waals surface area contributed by atoms with Gasteiger partial charge in [-0.15, -0.1) is 11.3 Å². The molecule has 6 heteroatoms. The number of carbonyl (C=O) groups excluding carboxylic acids is 2. The minimum absolute atomic E-state index is 0.262. The highest BCUT2D eigenvalue weighted by molar-refractivity contribution is 7.17. The van der Waals surface area contributed by atoms with Crippen molar-refractivity contribution in [2.24, 2.45) is 0 Å². The van der Waals surface area contributed by atoms with Crippen LogP contribution >= 0.6 is 11.3 Å². The number of nitrogens with one attached hydrogen (secondary N) is 1. The minimum atomic E-state index is -0.333. The van der Waals surface area contributed by atoms with Gasteiger partial charge in [-0.05, 0) is 61.4 Å². The van der Waals surface area contributed by atoms with Crippen molar-refractivity contribution in [3.05, 3.63) is 51.9 Å². The monoisotopic (exact) mass is 413 g/mol. The van der Waals surface area contributed by atoms with Crippen molar-refractivity contribution >= 4 is 34.3 Å². The third-order valence-electron chi connectivity index (χ3n) is 4.84. The van der Waals surface area contributed by atoms with Crippen molar-refractivity contribution in [2.45, 2.75) is 45.4 Å². The van der Waals surface area contributed by atoms with E-state index in [4.69, 9.17) is 9.47 Å². The predicted octanol–water partition coefficient (Wildman–Crippen LogP) is 5.24. The number of hydrogen-bond acceptors (Lipinski definition) is 5. The van der Waals surface area contributed by atoms with Gasteiger partial charge in [-0.2, -0.15) is 0 Å². The fourth-order valence-corrected chi connectivity index (χ4v) is 4.63. The smallest absolute Gasteiger partial charge is 0.341 e. The van der Waals surface area contributed by atoms with E-state index in [1.165, 1.54) is 22.3 Å². The maximum absolute atomic E-state index is 12.7. The Morgan fingerprint density at radius 3 is 2.62 bits per heavy atom. The zero-order valence-corrected chi connectivity index (χ0v) is 17.8. The molecule has 1 heterocycles. The molecule has 3 rings (SSSR count). The van der Waals surface area contributed by atoms with Crippen LogP contribution in [0.3, 0.4) is 0 Å². The Hall–Kier alpha value is -2.60. The van der Waals surface area contributed by atoms with E-state index in [9.17, 15) is 9.59 Å². The molecule has 0 unspecified atom stereocenters. The zero-order chi connectivity index (χ0) is 20.6. The van der Waals surface area contributed by atoms with E-state index >= 15 is 0 Å². The molecule has 1 aliphatic carbocycles. The number of amides is 1. The van der Waals surface area contributed by atoms with Crippen LogP contribution in [-0.2, 0) is 22.4 Å². The van der Waals surface area contributed by atoms with Gasteiger partial charge in [-0.1, -0.05) is 25.5 Å². The SMILES string of the molecule is CCCOC(=O)c1c(NC(=O)/C=C/c2ccc(OC)cc2)sc2c1CCCCC2. The summed E-state index contributed by atoms with van der Waals surface area (Å²) >= 11 is 1.51. The lowest BCUT2D eigenvalue weighted by molar-refractivity contribution is -0.111. The van der Waals surface area contributed by atoms with E-state index in [0.29, 0.717) is 17.2 Å². The van der Waals surface area contributed by atoms with E-state index in [1.54, 1.807) is 13.2 Å². The van der Waals surface area contributed by atoms with E-state index in [-0.39, 0.29) is 11.9 Å². The van der Waals surface area contributed by atoms with Crippen LogP contribution < -0.4 is 10.1 Å². The summed E-state index contributed by atoms with van der Waals surface area (Å²) in [6.07, 6.45) is 9.13. The van der Waals surface area contributed by atoms with Crippen LogP contribution in [0.5, 0.6) is 5.75 Å². The molecule has 0 fully saturated rings. The number of rotatable bonds is 7. The number of aryl methyl sites for hydroxylation is 1. The second-order valence-corrected chi connectivity index (χ2v) is 8.11. The van der Waals surface area contributed by atoms with Gasteiger partial charge in [0.15, 0.2) is 0 Å². The van der Waals surface area contributed by atoms with Gasteiger partial charge in [0.25, 0.3) is 0 Å². The number of carbonyl (C=O) groups is 2. The standard InChI is InChI=1S/C23H27NO4S/c1-3-15-28-23(26)21-18-7-5-4-6-8-19(18)29-22(21)24-20(25)14-11-16-9-12-17(27-2)13-10-16/h9-14H,3-8,15H2,1-2H3,(H,24,25)/b14-11+. The second kappa shape index (κ2) is 10.3. The Morgan fingerprint density at radius 2 is 1.90 bits per heavy atom. The Labute approximate surface area is 175 Å². The van der Waals surface area contributed by atoms with E-state index < -0.39 is 0 Å². The van der Waals surface area contributed by atoms with Crippen LogP contribution in [0.4, 0.5) is 5.00 Å². The number of benzene rings is 1. The molecule has 1 aromatic carbocycles. The number of fused-ring (bicyclic) bond motifs is 1. The van der Waals surface area contributed by atoms with Crippen molar-refractivity contribution in [1.29, 1.82) is 0 Å². The highest BCUT2D eigenvalue weighted by atomic mass is 32.1. The fourth-order valence-electron chi connectivity index (χ4n) is 3.35. The summed E-state index contributed by atoms with van der Waals surface area (Å²) in [6, 6.07) is 7.44. The largest absolute Gasteiger partial charge is 0.497 e. The molecule has 2 aromatic rings. The summed E-state index contributed by atoms with van der Waals surface area (Å²) in [4.78, 5) is 26.4. The molecular formula is C23H27NO4S. The van der Waals surface area contributed by atoms with Crippen LogP contribution in [0.2, 0.25) is 0 Å². The summed E-state index contributed by atoms with van der Waals surface area (Å²) in [5.41, 5.74) is 2.50. The van der Waals surface area contributed by atoms with Gasteiger partial charge in [-0.25, -0.2) is 4.79 Å². The van der Waals surface area contributed by atoms with Crippen LogP contribution in [0, 0.1) is 0 Å². The first kappa shape index (κ1) is 21.1. The van der Waals surface area contributed by atoms with Gasteiger partial charge in [0.05, 0.1) is 19.3 Å². The number of hydrogen-bond donors (Lipinski definition) is 1. The molecule has 0 radical (unpaired) electrons. The lowest BCUT2D eigenvalue weighted by Gasteiger charge is -2.08.